The highest BCUT2D eigenvalue weighted by atomic mass is 16.3. The molecule has 4 heteroatoms. The van der Waals surface area contributed by atoms with Crippen LogP contribution >= 0.6 is 0 Å². The number of para-hydroxylation sites is 1. The molecule has 4 rings (SSSR count). The van der Waals surface area contributed by atoms with E-state index in [1.54, 1.807) is 0 Å². The predicted octanol–water partition coefficient (Wildman–Crippen LogP) is 5.05. The molecule has 0 aliphatic rings. The SMILES string of the molecule is Cc1c(C(C)NCc2cnc(-c3ccccc3)nc2)oc2ccccc12. The number of rotatable bonds is 5. The topological polar surface area (TPSA) is 51.0 Å². The number of furan rings is 1. The van der Waals surface area contributed by atoms with Crippen LogP contribution in [0.3, 0.4) is 0 Å². The number of nitrogens with one attached hydrogen (secondary N) is 1. The second-order valence-corrected chi connectivity index (χ2v) is 6.47. The number of hydrogen-bond acceptors (Lipinski definition) is 4. The van der Waals surface area contributed by atoms with Gasteiger partial charge in [0.2, 0.25) is 0 Å². The van der Waals surface area contributed by atoms with Crippen molar-refractivity contribution in [1.29, 1.82) is 0 Å². The number of benzene rings is 2. The smallest absolute Gasteiger partial charge is 0.159 e. The zero-order valence-electron chi connectivity index (χ0n) is 14.9. The summed E-state index contributed by atoms with van der Waals surface area (Å²) in [5, 5.41) is 4.68. The van der Waals surface area contributed by atoms with Gasteiger partial charge < -0.3 is 9.73 Å². The Hall–Kier alpha value is -2.98. The van der Waals surface area contributed by atoms with Gasteiger partial charge in [0.15, 0.2) is 5.82 Å². The lowest BCUT2D eigenvalue weighted by Gasteiger charge is -2.12. The minimum absolute atomic E-state index is 0.108. The van der Waals surface area contributed by atoms with Crippen molar-refractivity contribution >= 4 is 11.0 Å². The molecule has 0 amide bonds. The Balaban J connectivity index is 1.45. The molecule has 0 aliphatic heterocycles. The lowest BCUT2D eigenvalue weighted by molar-refractivity contribution is 0.447. The maximum absolute atomic E-state index is 6.03. The van der Waals surface area contributed by atoms with Gasteiger partial charge in [0.25, 0.3) is 0 Å². The first-order chi connectivity index (χ1) is 12.7. The van der Waals surface area contributed by atoms with Crippen LogP contribution in [0.4, 0.5) is 0 Å². The van der Waals surface area contributed by atoms with Crippen LogP contribution in [-0.4, -0.2) is 9.97 Å². The summed E-state index contributed by atoms with van der Waals surface area (Å²) in [4.78, 5) is 8.95. The van der Waals surface area contributed by atoms with Crippen LogP contribution < -0.4 is 5.32 Å². The van der Waals surface area contributed by atoms with Crippen LogP contribution in [-0.2, 0) is 6.54 Å². The Morgan fingerprint density at radius 2 is 1.65 bits per heavy atom. The van der Waals surface area contributed by atoms with E-state index in [1.165, 1.54) is 10.9 Å². The lowest BCUT2D eigenvalue weighted by atomic mass is 10.1. The Labute approximate surface area is 152 Å². The van der Waals surface area contributed by atoms with E-state index in [2.05, 4.69) is 35.2 Å². The average molecular weight is 343 g/mol. The highest BCUT2D eigenvalue weighted by molar-refractivity contribution is 5.82. The molecule has 26 heavy (non-hydrogen) atoms. The first-order valence-electron chi connectivity index (χ1n) is 8.80. The quantitative estimate of drug-likeness (QED) is 0.551. The molecule has 1 unspecified atom stereocenters. The van der Waals surface area contributed by atoms with Gasteiger partial charge in [-0.3, -0.25) is 0 Å². The third kappa shape index (κ3) is 3.24. The van der Waals surface area contributed by atoms with E-state index in [0.29, 0.717) is 6.54 Å². The molecule has 130 valence electrons. The molecule has 0 aliphatic carbocycles. The van der Waals surface area contributed by atoms with Gasteiger partial charge in [-0.25, -0.2) is 9.97 Å². The molecule has 0 radical (unpaired) electrons. The van der Waals surface area contributed by atoms with E-state index in [9.17, 15) is 0 Å². The van der Waals surface area contributed by atoms with Crippen molar-refractivity contribution in [2.45, 2.75) is 26.4 Å². The summed E-state index contributed by atoms with van der Waals surface area (Å²) < 4.78 is 6.03. The third-order valence-electron chi connectivity index (χ3n) is 4.62. The van der Waals surface area contributed by atoms with Crippen molar-refractivity contribution < 1.29 is 4.42 Å². The molecule has 0 bridgehead atoms. The zero-order chi connectivity index (χ0) is 17.9. The second-order valence-electron chi connectivity index (χ2n) is 6.47. The summed E-state index contributed by atoms with van der Waals surface area (Å²) in [5.74, 6) is 1.73. The molecule has 2 aromatic carbocycles. The molecule has 4 nitrogen and oxygen atoms in total. The van der Waals surface area contributed by atoms with Gasteiger partial charge >= 0.3 is 0 Å². The highest BCUT2D eigenvalue weighted by Gasteiger charge is 2.16. The maximum atomic E-state index is 6.03. The van der Waals surface area contributed by atoms with Crippen LogP contribution in [0.1, 0.15) is 29.9 Å². The van der Waals surface area contributed by atoms with Crippen molar-refractivity contribution in [1.82, 2.24) is 15.3 Å². The van der Waals surface area contributed by atoms with E-state index in [1.807, 2.05) is 60.9 Å². The Morgan fingerprint density at radius 3 is 2.38 bits per heavy atom. The van der Waals surface area contributed by atoms with E-state index in [0.717, 1.165) is 28.3 Å². The first kappa shape index (κ1) is 16.5. The summed E-state index contributed by atoms with van der Waals surface area (Å²) in [7, 11) is 0. The van der Waals surface area contributed by atoms with Crippen LogP contribution in [0, 0.1) is 6.92 Å². The number of hydrogen-bond donors (Lipinski definition) is 1. The monoisotopic (exact) mass is 343 g/mol. The fourth-order valence-corrected chi connectivity index (χ4v) is 3.15. The number of aromatic nitrogens is 2. The van der Waals surface area contributed by atoms with Gasteiger partial charge in [-0.2, -0.15) is 0 Å². The van der Waals surface area contributed by atoms with Crippen LogP contribution in [0.15, 0.2) is 71.4 Å². The number of nitrogens with zero attached hydrogens (tertiary/aromatic N) is 2. The van der Waals surface area contributed by atoms with Gasteiger partial charge in [0, 0.05) is 35.5 Å². The Bertz CT molecular complexity index is 1010. The lowest BCUT2D eigenvalue weighted by Crippen LogP contribution is -2.18. The normalized spacial score (nSPS) is 12.4. The molecule has 4 aromatic rings. The summed E-state index contributed by atoms with van der Waals surface area (Å²) in [6, 6.07) is 18.3. The first-order valence-corrected chi connectivity index (χ1v) is 8.80. The molecule has 0 fully saturated rings. The standard InChI is InChI=1S/C22H21N3O/c1-15-19-10-6-7-11-20(19)26-21(15)16(2)23-12-17-13-24-22(25-14-17)18-8-4-3-5-9-18/h3-11,13-14,16,23H,12H2,1-2H3. The number of fused-ring (bicyclic) bond motifs is 1. The molecule has 2 heterocycles. The van der Waals surface area contributed by atoms with Gasteiger partial charge in [-0.15, -0.1) is 0 Å². The van der Waals surface area contributed by atoms with Gasteiger partial charge in [0.05, 0.1) is 6.04 Å². The molecule has 0 saturated heterocycles. The van der Waals surface area contributed by atoms with E-state index < -0.39 is 0 Å². The van der Waals surface area contributed by atoms with Crippen molar-refractivity contribution in [2.24, 2.45) is 0 Å². The van der Waals surface area contributed by atoms with Crippen molar-refractivity contribution in [3.63, 3.8) is 0 Å². The largest absolute Gasteiger partial charge is 0.459 e. The second kappa shape index (κ2) is 7.10. The molecule has 2 aromatic heterocycles. The predicted molar refractivity (Wildman–Crippen MR) is 104 cm³/mol. The van der Waals surface area contributed by atoms with Gasteiger partial charge in [-0.1, -0.05) is 48.5 Å². The average Bonchev–Trinajstić information content (AvgIpc) is 3.04. The fraction of sp³-hybridized carbons (Fsp3) is 0.182. The van der Waals surface area contributed by atoms with Crippen molar-refractivity contribution in [3.05, 3.63) is 83.9 Å². The fourth-order valence-electron chi connectivity index (χ4n) is 3.15. The molecular weight excluding hydrogens is 322 g/mol. The summed E-state index contributed by atoms with van der Waals surface area (Å²) >= 11 is 0. The zero-order valence-corrected chi connectivity index (χ0v) is 14.9. The molecular formula is C22H21N3O. The summed E-state index contributed by atoms with van der Waals surface area (Å²) in [5.41, 5.74) is 4.20. The number of aryl methyl sites for hydroxylation is 1. The minimum Gasteiger partial charge on any atom is -0.459 e. The highest BCUT2D eigenvalue weighted by Crippen LogP contribution is 2.29. The van der Waals surface area contributed by atoms with Crippen LogP contribution in [0.25, 0.3) is 22.4 Å². The van der Waals surface area contributed by atoms with Gasteiger partial charge in [-0.05, 0) is 25.5 Å². The third-order valence-corrected chi connectivity index (χ3v) is 4.62. The summed E-state index contributed by atoms with van der Waals surface area (Å²) in [6.07, 6.45) is 3.75. The van der Waals surface area contributed by atoms with E-state index in [-0.39, 0.29) is 6.04 Å². The Morgan fingerprint density at radius 1 is 0.962 bits per heavy atom. The van der Waals surface area contributed by atoms with Crippen molar-refractivity contribution in [3.8, 4) is 11.4 Å². The molecule has 1 atom stereocenters. The maximum Gasteiger partial charge on any atom is 0.159 e. The van der Waals surface area contributed by atoms with Crippen molar-refractivity contribution in [2.75, 3.05) is 0 Å². The molecule has 0 saturated carbocycles. The van der Waals surface area contributed by atoms with E-state index >= 15 is 0 Å². The molecule has 0 spiro atoms. The van der Waals surface area contributed by atoms with Crippen LogP contribution in [0.2, 0.25) is 0 Å². The Kier molecular flexibility index (Phi) is 4.50. The van der Waals surface area contributed by atoms with Crippen LogP contribution in [0.5, 0.6) is 0 Å². The minimum atomic E-state index is 0.108. The van der Waals surface area contributed by atoms with Gasteiger partial charge in [0.1, 0.15) is 11.3 Å². The molecule has 1 N–H and O–H groups in total. The summed E-state index contributed by atoms with van der Waals surface area (Å²) in [6.45, 7) is 4.91. The van der Waals surface area contributed by atoms with E-state index in [4.69, 9.17) is 4.42 Å².